The molecule has 23 heavy (non-hydrogen) atoms. The number of nitrogens with zero attached hydrogens (tertiary/aromatic N) is 2. The summed E-state index contributed by atoms with van der Waals surface area (Å²) in [6.07, 6.45) is 0.521. The van der Waals surface area contributed by atoms with Gasteiger partial charge in [-0.15, -0.1) is 0 Å². The number of nitrogens with one attached hydrogen (secondary N) is 2. The van der Waals surface area contributed by atoms with Gasteiger partial charge in [0.1, 0.15) is 11.3 Å². The van der Waals surface area contributed by atoms with Gasteiger partial charge in [-0.05, 0) is 24.3 Å². The molecule has 1 aromatic heterocycles. The zero-order valence-electron chi connectivity index (χ0n) is 12.7. The van der Waals surface area contributed by atoms with Crippen LogP contribution in [0.15, 0.2) is 48.5 Å². The summed E-state index contributed by atoms with van der Waals surface area (Å²) >= 11 is 0. The number of para-hydroxylation sites is 2. The molecule has 0 spiro atoms. The second kappa shape index (κ2) is 6.48. The van der Waals surface area contributed by atoms with Crippen LogP contribution in [0, 0.1) is 5.82 Å². The summed E-state index contributed by atoms with van der Waals surface area (Å²) in [5.41, 5.74) is 1.84. The number of halogens is 1. The van der Waals surface area contributed by atoms with Crippen molar-refractivity contribution >= 4 is 22.8 Å². The Bertz CT molecular complexity index is 829. The molecule has 0 bridgehead atoms. The van der Waals surface area contributed by atoms with E-state index in [2.05, 4.69) is 15.6 Å². The summed E-state index contributed by atoms with van der Waals surface area (Å²) in [5, 5.41) is 5.51. The van der Waals surface area contributed by atoms with Crippen LogP contribution in [0.25, 0.3) is 11.0 Å². The van der Waals surface area contributed by atoms with Crippen molar-refractivity contribution in [3.05, 3.63) is 60.2 Å². The molecule has 118 valence electrons. The summed E-state index contributed by atoms with van der Waals surface area (Å²) in [5.74, 6) is 0.393. The lowest BCUT2D eigenvalue weighted by Gasteiger charge is -2.07. The lowest BCUT2D eigenvalue weighted by molar-refractivity contribution is 0.252. The van der Waals surface area contributed by atoms with Crippen molar-refractivity contribution in [1.82, 2.24) is 14.9 Å². The van der Waals surface area contributed by atoms with Gasteiger partial charge >= 0.3 is 6.03 Å². The van der Waals surface area contributed by atoms with Crippen LogP contribution < -0.4 is 10.6 Å². The predicted molar refractivity (Wildman–Crippen MR) is 87.8 cm³/mol. The van der Waals surface area contributed by atoms with Crippen molar-refractivity contribution in [2.75, 3.05) is 11.9 Å². The highest BCUT2D eigenvalue weighted by Gasteiger charge is 2.11. The number of rotatable bonds is 4. The number of aryl methyl sites for hydroxylation is 1. The lowest BCUT2D eigenvalue weighted by atomic mass is 10.3. The number of hydrogen-bond donors (Lipinski definition) is 2. The van der Waals surface area contributed by atoms with Gasteiger partial charge in [0.15, 0.2) is 5.82 Å². The van der Waals surface area contributed by atoms with E-state index in [1.807, 2.05) is 48.0 Å². The molecule has 0 fully saturated rings. The van der Waals surface area contributed by atoms with Crippen LogP contribution in [-0.2, 0) is 13.5 Å². The number of benzene rings is 2. The SMILES string of the molecule is Cn1c(CCNC(=O)Nc2ccccc2)nc2c(F)cccc21. The highest BCUT2D eigenvalue weighted by Crippen LogP contribution is 2.17. The molecule has 0 aliphatic rings. The van der Waals surface area contributed by atoms with Crippen LogP contribution in [0.3, 0.4) is 0 Å². The fraction of sp³-hybridized carbons (Fsp3) is 0.176. The molecule has 3 rings (SSSR count). The van der Waals surface area contributed by atoms with Crippen LogP contribution in [0.4, 0.5) is 14.9 Å². The highest BCUT2D eigenvalue weighted by molar-refractivity contribution is 5.89. The van der Waals surface area contributed by atoms with Crippen LogP contribution in [0.5, 0.6) is 0 Å². The largest absolute Gasteiger partial charge is 0.337 e. The van der Waals surface area contributed by atoms with Gasteiger partial charge in [-0.25, -0.2) is 14.2 Å². The van der Waals surface area contributed by atoms with Crippen LogP contribution in [0.2, 0.25) is 0 Å². The first-order valence-electron chi connectivity index (χ1n) is 7.35. The molecule has 0 unspecified atom stereocenters. The fourth-order valence-corrected chi connectivity index (χ4v) is 2.44. The zero-order valence-corrected chi connectivity index (χ0v) is 12.7. The molecule has 0 radical (unpaired) electrons. The van der Waals surface area contributed by atoms with Crippen molar-refractivity contribution in [3.63, 3.8) is 0 Å². The maximum Gasteiger partial charge on any atom is 0.319 e. The van der Waals surface area contributed by atoms with Crippen LogP contribution >= 0.6 is 0 Å². The Morgan fingerprint density at radius 1 is 1.17 bits per heavy atom. The van der Waals surface area contributed by atoms with Crippen LogP contribution in [0.1, 0.15) is 5.82 Å². The number of fused-ring (bicyclic) bond motifs is 1. The van der Waals surface area contributed by atoms with Crippen molar-refractivity contribution in [2.24, 2.45) is 7.05 Å². The Hall–Kier alpha value is -2.89. The number of amides is 2. The van der Waals surface area contributed by atoms with E-state index in [-0.39, 0.29) is 11.8 Å². The summed E-state index contributed by atoms with van der Waals surface area (Å²) < 4.78 is 15.6. The zero-order chi connectivity index (χ0) is 16.2. The van der Waals surface area contributed by atoms with Gasteiger partial charge in [0.25, 0.3) is 0 Å². The van der Waals surface area contributed by atoms with Gasteiger partial charge in [-0.2, -0.15) is 0 Å². The topological polar surface area (TPSA) is 59.0 Å². The minimum atomic E-state index is -0.334. The normalized spacial score (nSPS) is 10.7. The number of anilines is 1. The molecule has 2 aromatic carbocycles. The maximum absolute atomic E-state index is 13.7. The molecule has 0 saturated carbocycles. The number of carbonyl (C=O) groups is 1. The van der Waals surface area contributed by atoms with Gasteiger partial charge in [-0.1, -0.05) is 24.3 Å². The van der Waals surface area contributed by atoms with Crippen molar-refractivity contribution in [1.29, 1.82) is 0 Å². The standard InChI is InChI=1S/C17H17FN4O/c1-22-14-9-5-8-13(18)16(14)21-15(22)10-11-19-17(23)20-12-6-3-2-4-7-12/h2-9H,10-11H2,1H3,(H2,19,20,23). The minimum Gasteiger partial charge on any atom is -0.337 e. The molecule has 2 N–H and O–H groups in total. The predicted octanol–water partition coefficient (Wildman–Crippen LogP) is 3.08. The third-order valence-corrected chi connectivity index (χ3v) is 3.62. The van der Waals surface area contributed by atoms with E-state index in [0.29, 0.717) is 18.5 Å². The van der Waals surface area contributed by atoms with Gasteiger partial charge < -0.3 is 15.2 Å². The second-order valence-electron chi connectivity index (χ2n) is 5.19. The first-order valence-corrected chi connectivity index (χ1v) is 7.35. The summed E-state index contributed by atoms with van der Waals surface area (Å²) in [6, 6.07) is 13.8. The van der Waals surface area contributed by atoms with Crippen molar-refractivity contribution < 1.29 is 9.18 Å². The van der Waals surface area contributed by atoms with Crippen LogP contribution in [-0.4, -0.2) is 22.1 Å². The monoisotopic (exact) mass is 312 g/mol. The Morgan fingerprint density at radius 3 is 2.70 bits per heavy atom. The van der Waals surface area contributed by atoms with E-state index in [1.165, 1.54) is 6.07 Å². The second-order valence-corrected chi connectivity index (χ2v) is 5.19. The molecular weight excluding hydrogens is 295 g/mol. The number of urea groups is 1. The van der Waals surface area contributed by atoms with Gasteiger partial charge in [0.05, 0.1) is 5.52 Å². The number of carbonyl (C=O) groups excluding carboxylic acids is 1. The van der Waals surface area contributed by atoms with E-state index in [9.17, 15) is 9.18 Å². The molecule has 0 saturated heterocycles. The molecule has 0 aliphatic carbocycles. The van der Waals surface area contributed by atoms with E-state index in [0.717, 1.165) is 17.0 Å². The van der Waals surface area contributed by atoms with Gasteiger partial charge in [0, 0.05) is 25.7 Å². The first kappa shape index (κ1) is 15.0. The van der Waals surface area contributed by atoms with E-state index >= 15 is 0 Å². The van der Waals surface area contributed by atoms with Gasteiger partial charge in [-0.3, -0.25) is 0 Å². The van der Waals surface area contributed by atoms with Crippen molar-refractivity contribution in [3.8, 4) is 0 Å². The summed E-state index contributed by atoms with van der Waals surface area (Å²) in [6.45, 7) is 0.414. The van der Waals surface area contributed by atoms with Gasteiger partial charge in [0.2, 0.25) is 0 Å². The molecule has 5 nitrogen and oxygen atoms in total. The molecule has 1 heterocycles. The summed E-state index contributed by atoms with van der Waals surface area (Å²) in [7, 11) is 1.84. The highest BCUT2D eigenvalue weighted by atomic mass is 19.1. The first-order chi connectivity index (χ1) is 11.1. The third-order valence-electron chi connectivity index (χ3n) is 3.62. The van der Waals surface area contributed by atoms with E-state index in [4.69, 9.17) is 0 Å². The summed E-state index contributed by atoms with van der Waals surface area (Å²) in [4.78, 5) is 16.1. The number of aromatic nitrogens is 2. The number of hydrogen-bond acceptors (Lipinski definition) is 2. The van der Waals surface area contributed by atoms with Crippen molar-refractivity contribution in [2.45, 2.75) is 6.42 Å². The van der Waals surface area contributed by atoms with E-state index in [1.54, 1.807) is 6.07 Å². The third kappa shape index (κ3) is 3.31. The Morgan fingerprint density at radius 2 is 1.96 bits per heavy atom. The Labute approximate surface area is 133 Å². The van der Waals surface area contributed by atoms with E-state index < -0.39 is 0 Å². The average molecular weight is 312 g/mol. The molecule has 0 aliphatic heterocycles. The molecular formula is C17H17FN4O. The lowest BCUT2D eigenvalue weighted by Crippen LogP contribution is -2.30. The quantitative estimate of drug-likeness (QED) is 0.778. The molecule has 2 amide bonds. The minimum absolute atomic E-state index is 0.277. The molecule has 3 aromatic rings. The Balaban J connectivity index is 1.60. The average Bonchev–Trinajstić information content (AvgIpc) is 2.87. The Kier molecular flexibility index (Phi) is 4.23. The molecule has 6 heteroatoms. The smallest absolute Gasteiger partial charge is 0.319 e. The molecule has 0 atom stereocenters. The number of imidazole rings is 1. The maximum atomic E-state index is 13.7. The fourth-order valence-electron chi connectivity index (χ4n) is 2.44.